The molecule has 5 atom stereocenters. The molecule has 4 aliphatic rings. The summed E-state index contributed by atoms with van der Waals surface area (Å²) in [5, 5.41) is 4.16. The second-order valence-corrected chi connectivity index (χ2v) is 12.5. The molecule has 216 valence electrons. The largest absolute Gasteiger partial charge is 0.466 e. The molecule has 0 radical (unpaired) electrons. The van der Waals surface area contributed by atoms with Crippen molar-refractivity contribution in [2.24, 2.45) is 17.0 Å². The normalized spacial score (nSPS) is 30.7. The van der Waals surface area contributed by atoms with Gasteiger partial charge >= 0.3 is 5.97 Å². The number of piperidine rings is 1. The van der Waals surface area contributed by atoms with E-state index in [0.29, 0.717) is 30.4 Å². The van der Waals surface area contributed by atoms with Gasteiger partial charge in [-0.1, -0.05) is 43.0 Å². The van der Waals surface area contributed by atoms with E-state index in [1.807, 2.05) is 28.8 Å². The Morgan fingerprint density at radius 3 is 2.30 bits per heavy atom. The van der Waals surface area contributed by atoms with Crippen LogP contribution in [-0.4, -0.2) is 58.0 Å². The minimum absolute atomic E-state index is 0.118. The molecule has 6 rings (SSSR count). The number of carbonyl (C=O) groups is 1. The van der Waals surface area contributed by atoms with Crippen LogP contribution in [0.5, 0.6) is 0 Å². The van der Waals surface area contributed by atoms with E-state index < -0.39 is 0 Å². The maximum absolute atomic E-state index is 14.2. The smallest absolute Gasteiger partial charge is 0.306 e. The van der Waals surface area contributed by atoms with Crippen molar-refractivity contribution in [3.8, 4) is 0 Å². The third-order valence-electron chi connectivity index (χ3n) is 10.0. The summed E-state index contributed by atoms with van der Waals surface area (Å²) >= 11 is 0. The van der Waals surface area contributed by atoms with Crippen LogP contribution in [0, 0.1) is 11.8 Å². The molecule has 0 amide bonds. The van der Waals surface area contributed by atoms with Gasteiger partial charge in [0.1, 0.15) is 12.8 Å². The van der Waals surface area contributed by atoms with Crippen LogP contribution in [0.4, 0.5) is 0 Å². The Labute approximate surface area is 237 Å². The number of ether oxygens (including phenoxy) is 1. The molecule has 3 unspecified atom stereocenters. The lowest BCUT2D eigenvalue weighted by atomic mass is 9.76. The summed E-state index contributed by atoms with van der Waals surface area (Å²) in [6, 6.07) is 9.81. The van der Waals surface area contributed by atoms with Crippen LogP contribution < -0.4 is 5.56 Å². The molecule has 8 heteroatoms. The molecule has 2 saturated heterocycles. The molecule has 4 fully saturated rings. The van der Waals surface area contributed by atoms with Crippen LogP contribution in [0.15, 0.2) is 34.2 Å². The highest BCUT2D eigenvalue weighted by Crippen LogP contribution is 2.48. The van der Waals surface area contributed by atoms with Crippen LogP contribution in [0.25, 0.3) is 11.0 Å². The molecule has 2 aliphatic heterocycles. The number of hydrogen-bond acceptors (Lipinski definition) is 7. The Hall–Kier alpha value is -2.74. The van der Waals surface area contributed by atoms with E-state index in [1.165, 1.54) is 64.9 Å². The van der Waals surface area contributed by atoms with E-state index in [4.69, 9.17) is 14.6 Å². The summed E-state index contributed by atoms with van der Waals surface area (Å²) in [5.74, 6) is 1.50. The summed E-state index contributed by atoms with van der Waals surface area (Å²) in [4.78, 5) is 39.1. The van der Waals surface area contributed by atoms with Gasteiger partial charge in [0, 0.05) is 30.6 Å². The van der Waals surface area contributed by atoms with Gasteiger partial charge in [-0.15, -0.1) is 0 Å². The van der Waals surface area contributed by atoms with E-state index in [1.54, 1.807) is 6.92 Å². The average molecular weight is 549 g/mol. The summed E-state index contributed by atoms with van der Waals surface area (Å²) in [6.07, 6.45) is 14.7. The molecule has 4 bridgehead atoms. The Balaban J connectivity index is 1.30. The molecule has 1 aromatic heterocycles. The van der Waals surface area contributed by atoms with Crippen LogP contribution >= 0.6 is 0 Å². The minimum atomic E-state index is -0.320. The molecule has 0 spiro atoms. The first-order chi connectivity index (χ1) is 19.6. The average Bonchev–Trinajstić information content (AvgIpc) is 3.10. The molecular formula is C32H44N4O4. The summed E-state index contributed by atoms with van der Waals surface area (Å²) in [6.45, 7) is 2.10. The fourth-order valence-corrected chi connectivity index (χ4v) is 8.58. The van der Waals surface area contributed by atoms with Gasteiger partial charge in [-0.25, -0.2) is 4.98 Å². The van der Waals surface area contributed by atoms with Gasteiger partial charge < -0.3 is 14.1 Å². The Bertz CT molecular complexity index is 1280. The molecule has 2 saturated carbocycles. The number of carbonyl (C=O) groups excluding carboxylic acids is 1. The SMILES string of the molecule is CCOC(=O)CCC(=NOC)c1nc2ccccc2n(C2C[C@H]3CC[C@@H](C2)N3C2CC3CCCCC(C3)C2)c1=O. The minimum Gasteiger partial charge on any atom is -0.466 e. The highest BCUT2D eigenvalue weighted by molar-refractivity contribution is 6.00. The van der Waals surface area contributed by atoms with Crippen molar-refractivity contribution >= 4 is 22.7 Å². The van der Waals surface area contributed by atoms with E-state index in [2.05, 4.69) is 10.1 Å². The summed E-state index contributed by atoms with van der Waals surface area (Å²) in [5.41, 5.74) is 2.17. The van der Waals surface area contributed by atoms with Gasteiger partial charge in [-0.3, -0.25) is 14.5 Å². The van der Waals surface area contributed by atoms with Gasteiger partial charge in [0.2, 0.25) is 0 Å². The van der Waals surface area contributed by atoms with Crippen LogP contribution in [-0.2, 0) is 14.4 Å². The van der Waals surface area contributed by atoms with Crippen molar-refractivity contribution in [1.29, 1.82) is 0 Å². The van der Waals surface area contributed by atoms with E-state index in [9.17, 15) is 9.59 Å². The first kappa shape index (κ1) is 27.4. The standard InChI is InChI=1S/C32H44N4O4/c1-3-40-30(37)15-14-28(34-39-2)31-32(38)36(29-11-7-6-10-27(29)33-31)26-19-23-12-13-24(20-26)35(23)25-17-21-8-4-5-9-22(16-21)18-25/h6-7,10-11,21-26H,3-5,8-9,12-20H2,1-2H3/t21?,22?,23-,24+,25?,26?. The number of esters is 1. The van der Waals surface area contributed by atoms with E-state index >= 15 is 0 Å². The van der Waals surface area contributed by atoms with E-state index in [0.717, 1.165) is 35.7 Å². The topological polar surface area (TPSA) is 86.0 Å². The number of para-hydroxylation sites is 2. The zero-order valence-electron chi connectivity index (χ0n) is 24.1. The summed E-state index contributed by atoms with van der Waals surface area (Å²) in [7, 11) is 1.46. The predicted molar refractivity (Wildman–Crippen MR) is 155 cm³/mol. The molecule has 2 aromatic rings. The van der Waals surface area contributed by atoms with Gasteiger partial charge in [0.05, 0.1) is 24.1 Å². The van der Waals surface area contributed by atoms with Crippen molar-refractivity contribution in [3.05, 3.63) is 40.3 Å². The maximum Gasteiger partial charge on any atom is 0.306 e. The van der Waals surface area contributed by atoms with E-state index in [-0.39, 0.29) is 36.1 Å². The zero-order valence-corrected chi connectivity index (χ0v) is 24.1. The second kappa shape index (κ2) is 12.0. The number of benzene rings is 1. The van der Waals surface area contributed by atoms with Gasteiger partial charge in [-0.05, 0) is 75.8 Å². The lowest BCUT2D eigenvalue weighted by Gasteiger charge is -2.48. The third kappa shape index (κ3) is 5.44. The molecule has 1 aromatic carbocycles. The molecule has 0 N–H and O–H groups in total. The molecule has 40 heavy (non-hydrogen) atoms. The third-order valence-corrected chi connectivity index (χ3v) is 10.0. The first-order valence-corrected chi connectivity index (χ1v) is 15.6. The highest BCUT2D eigenvalue weighted by atomic mass is 16.6. The predicted octanol–water partition coefficient (Wildman–Crippen LogP) is 5.62. The molecular weight excluding hydrogens is 504 g/mol. The van der Waals surface area contributed by atoms with Crippen molar-refractivity contribution in [1.82, 2.24) is 14.5 Å². The van der Waals surface area contributed by atoms with Crippen LogP contribution in [0.3, 0.4) is 0 Å². The van der Waals surface area contributed by atoms with Crippen molar-refractivity contribution in [2.45, 2.75) is 115 Å². The lowest BCUT2D eigenvalue weighted by Crippen LogP contribution is -2.52. The molecule has 8 nitrogen and oxygen atoms in total. The number of hydrogen-bond donors (Lipinski definition) is 0. The number of nitrogens with zero attached hydrogens (tertiary/aromatic N) is 4. The number of aromatic nitrogens is 2. The fourth-order valence-electron chi connectivity index (χ4n) is 8.58. The van der Waals surface area contributed by atoms with Crippen LogP contribution in [0.2, 0.25) is 0 Å². The van der Waals surface area contributed by atoms with Crippen molar-refractivity contribution < 1.29 is 14.4 Å². The Morgan fingerprint density at radius 2 is 1.62 bits per heavy atom. The van der Waals surface area contributed by atoms with Crippen molar-refractivity contribution in [2.75, 3.05) is 13.7 Å². The second-order valence-electron chi connectivity index (χ2n) is 12.5. The lowest BCUT2D eigenvalue weighted by molar-refractivity contribution is -0.142. The Morgan fingerprint density at radius 1 is 0.925 bits per heavy atom. The molecule has 2 aliphatic carbocycles. The molecule has 3 heterocycles. The number of oxime groups is 1. The van der Waals surface area contributed by atoms with Crippen LogP contribution in [0.1, 0.15) is 102 Å². The van der Waals surface area contributed by atoms with Crippen molar-refractivity contribution in [3.63, 3.8) is 0 Å². The fraction of sp³-hybridized carbons (Fsp3) is 0.688. The first-order valence-electron chi connectivity index (χ1n) is 15.6. The highest BCUT2D eigenvalue weighted by Gasteiger charge is 2.47. The van der Waals surface area contributed by atoms with Gasteiger partial charge in [0.15, 0.2) is 5.69 Å². The number of rotatable bonds is 8. The number of fused-ring (bicyclic) bond motifs is 5. The monoisotopic (exact) mass is 548 g/mol. The maximum atomic E-state index is 14.2. The Kier molecular flexibility index (Phi) is 8.24. The zero-order chi connectivity index (χ0) is 27.6. The summed E-state index contributed by atoms with van der Waals surface area (Å²) < 4.78 is 7.10. The van der Waals surface area contributed by atoms with Gasteiger partial charge in [-0.2, -0.15) is 0 Å². The van der Waals surface area contributed by atoms with Gasteiger partial charge in [0.25, 0.3) is 5.56 Å². The quantitative estimate of drug-likeness (QED) is 0.242.